The van der Waals surface area contributed by atoms with Crippen molar-refractivity contribution >= 4 is 17.7 Å². The van der Waals surface area contributed by atoms with E-state index >= 15 is 0 Å². The number of hydrogen-bond donors (Lipinski definition) is 1. The topological polar surface area (TPSA) is 93.3 Å². The van der Waals surface area contributed by atoms with Crippen molar-refractivity contribution in [3.63, 3.8) is 0 Å². The highest BCUT2D eigenvalue weighted by atomic mass is 19.2. The van der Waals surface area contributed by atoms with E-state index in [9.17, 15) is 8.78 Å². The molecule has 2 aromatic heterocycles. The number of nitrogens with two attached hydrogens (primary N) is 1. The molecule has 142 valence electrons. The van der Waals surface area contributed by atoms with Crippen LogP contribution in [0.4, 0.5) is 26.5 Å². The van der Waals surface area contributed by atoms with Crippen molar-refractivity contribution in [3.05, 3.63) is 18.5 Å². The van der Waals surface area contributed by atoms with Gasteiger partial charge in [0.2, 0.25) is 11.9 Å². The third-order valence-corrected chi connectivity index (χ3v) is 5.33. The van der Waals surface area contributed by atoms with Gasteiger partial charge >= 0.3 is 0 Å². The van der Waals surface area contributed by atoms with Crippen LogP contribution in [-0.4, -0.2) is 70.7 Å². The Bertz CT molecular complexity index is 842. The average molecular weight is 375 g/mol. The number of morpholine rings is 1. The van der Waals surface area contributed by atoms with Crippen molar-refractivity contribution in [2.45, 2.75) is 30.9 Å². The number of hydrogen-bond acceptors (Lipinski definition) is 8. The van der Waals surface area contributed by atoms with E-state index in [1.165, 1.54) is 0 Å². The van der Waals surface area contributed by atoms with Crippen molar-refractivity contribution in [2.75, 3.05) is 41.8 Å². The van der Waals surface area contributed by atoms with E-state index in [0.29, 0.717) is 23.8 Å². The number of halogens is 2. The lowest BCUT2D eigenvalue weighted by Crippen LogP contribution is -2.38. The zero-order valence-electron chi connectivity index (χ0n) is 14.5. The van der Waals surface area contributed by atoms with E-state index in [4.69, 9.17) is 10.5 Å². The maximum Gasteiger partial charge on any atom is 0.228 e. The van der Waals surface area contributed by atoms with Gasteiger partial charge < -0.3 is 20.3 Å². The molecule has 3 saturated heterocycles. The van der Waals surface area contributed by atoms with Crippen LogP contribution in [0.25, 0.3) is 11.3 Å². The maximum absolute atomic E-state index is 13.7. The van der Waals surface area contributed by atoms with Gasteiger partial charge in [-0.15, -0.1) is 0 Å². The molecule has 0 aliphatic carbocycles. The molecule has 8 nitrogen and oxygen atoms in total. The van der Waals surface area contributed by atoms with Gasteiger partial charge in [0.15, 0.2) is 12.3 Å². The molecule has 0 amide bonds. The van der Waals surface area contributed by atoms with Crippen LogP contribution in [0.5, 0.6) is 0 Å². The molecular weight excluding hydrogens is 356 g/mol. The van der Waals surface area contributed by atoms with Gasteiger partial charge in [0.05, 0.1) is 37.5 Å². The summed E-state index contributed by atoms with van der Waals surface area (Å²) in [6.07, 6.45) is 1.26. The number of fused-ring (bicyclic) bond motifs is 2. The van der Waals surface area contributed by atoms with Crippen LogP contribution in [0.15, 0.2) is 18.5 Å². The van der Waals surface area contributed by atoms with Crippen molar-refractivity contribution in [1.29, 1.82) is 0 Å². The van der Waals surface area contributed by atoms with E-state index in [2.05, 4.69) is 24.8 Å². The Hall–Kier alpha value is -2.62. The molecule has 0 spiro atoms. The summed E-state index contributed by atoms with van der Waals surface area (Å²) in [4.78, 5) is 20.9. The molecule has 27 heavy (non-hydrogen) atoms. The van der Waals surface area contributed by atoms with Crippen molar-refractivity contribution in [1.82, 2.24) is 19.9 Å². The fraction of sp³-hybridized carbons (Fsp3) is 0.529. The van der Waals surface area contributed by atoms with Gasteiger partial charge in [-0.3, -0.25) is 0 Å². The summed E-state index contributed by atoms with van der Waals surface area (Å²) >= 11 is 0. The van der Waals surface area contributed by atoms with Crippen molar-refractivity contribution < 1.29 is 13.5 Å². The molecule has 2 N–H and O–H groups in total. The fourth-order valence-electron chi connectivity index (χ4n) is 3.90. The molecule has 0 radical (unpaired) electrons. The highest BCUT2D eigenvalue weighted by Crippen LogP contribution is 2.34. The Morgan fingerprint density at radius 1 is 1.07 bits per heavy atom. The SMILES string of the molecule is Nc1ncc(-c2cc(N3CC4CC3CO4)nc(N3CC(F)C(F)C3)n2)cn1. The van der Waals surface area contributed by atoms with Gasteiger partial charge in [-0.2, -0.15) is 4.98 Å². The summed E-state index contributed by atoms with van der Waals surface area (Å²) < 4.78 is 33.1. The number of nitrogens with zero attached hydrogens (tertiary/aromatic N) is 6. The van der Waals surface area contributed by atoms with Gasteiger partial charge in [-0.1, -0.05) is 0 Å². The lowest BCUT2D eigenvalue weighted by Gasteiger charge is -2.29. The smallest absolute Gasteiger partial charge is 0.228 e. The number of aromatic nitrogens is 4. The minimum atomic E-state index is -1.53. The Labute approximate surface area is 154 Å². The lowest BCUT2D eigenvalue weighted by atomic mass is 10.2. The Morgan fingerprint density at radius 2 is 1.81 bits per heavy atom. The minimum Gasteiger partial charge on any atom is -0.374 e. The van der Waals surface area contributed by atoms with Crippen LogP contribution in [-0.2, 0) is 4.74 Å². The first kappa shape index (κ1) is 16.5. The standard InChI is InChI=1S/C17H19F2N7O/c18-12-6-25(7-13(12)19)17-23-14(9-3-21-16(20)22-4-9)2-15(24-17)26-5-11-1-10(26)8-27-11/h2-4,10-13H,1,5-8H2,(H2,20,21,22). The van der Waals surface area contributed by atoms with Gasteiger partial charge in [-0.25, -0.2) is 23.7 Å². The number of anilines is 3. The zero-order valence-corrected chi connectivity index (χ0v) is 14.5. The summed E-state index contributed by atoms with van der Waals surface area (Å²) in [7, 11) is 0. The largest absolute Gasteiger partial charge is 0.374 e. The molecule has 10 heteroatoms. The Kier molecular flexibility index (Phi) is 3.81. The summed E-state index contributed by atoms with van der Waals surface area (Å²) in [5.74, 6) is 1.20. The molecule has 2 aromatic rings. The Balaban J connectivity index is 1.55. The predicted molar refractivity (Wildman–Crippen MR) is 95.0 cm³/mol. The first-order valence-corrected chi connectivity index (χ1v) is 8.95. The van der Waals surface area contributed by atoms with Crippen molar-refractivity contribution in [2.24, 2.45) is 0 Å². The molecular formula is C17H19F2N7O. The van der Waals surface area contributed by atoms with E-state index in [1.54, 1.807) is 17.3 Å². The second-order valence-corrected chi connectivity index (χ2v) is 7.18. The number of ether oxygens (including phenoxy) is 1. The molecule has 0 aromatic carbocycles. The molecule has 5 heterocycles. The van der Waals surface area contributed by atoms with Crippen LogP contribution in [0.3, 0.4) is 0 Å². The van der Waals surface area contributed by atoms with E-state index in [-0.39, 0.29) is 31.2 Å². The zero-order chi connectivity index (χ0) is 18.5. The van der Waals surface area contributed by atoms with Gasteiger partial charge in [0.1, 0.15) is 5.82 Å². The summed E-state index contributed by atoms with van der Waals surface area (Å²) in [6, 6.07) is 2.12. The average Bonchev–Trinajstić information content (AvgIpc) is 3.39. The summed E-state index contributed by atoms with van der Waals surface area (Å²) in [6.45, 7) is 1.29. The number of rotatable bonds is 3. The second-order valence-electron chi connectivity index (χ2n) is 7.18. The monoisotopic (exact) mass is 375 g/mol. The lowest BCUT2D eigenvalue weighted by molar-refractivity contribution is 0.0989. The van der Waals surface area contributed by atoms with E-state index < -0.39 is 12.3 Å². The third kappa shape index (κ3) is 2.93. The van der Waals surface area contributed by atoms with Crippen LogP contribution < -0.4 is 15.5 Å². The molecule has 4 atom stereocenters. The van der Waals surface area contributed by atoms with Crippen LogP contribution >= 0.6 is 0 Å². The first-order valence-electron chi connectivity index (χ1n) is 8.95. The molecule has 4 unspecified atom stereocenters. The highest BCUT2D eigenvalue weighted by Gasteiger charge is 2.40. The molecule has 3 aliphatic heterocycles. The van der Waals surface area contributed by atoms with Gasteiger partial charge in [0.25, 0.3) is 0 Å². The molecule has 3 fully saturated rings. The second kappa shape index (κ2) is 6.22. The number of alkyl halides is 2. The first-order chi connectivity index (χ1) is 13.1. The van der Waals surface area contributed by atoms with Crippen molar-refractivity contribution in [3.8, 4) is 11.3 Å². The fourth-order valence-corrected chi connectivity index (χ4v) is 3.90. The van der Waals surface area contributed by atoms with Crippen LogP contribution in [0.1, 0.15) is 6.42 Å². The minimum absolute atomic E-state index is 0.0581. The van der Waals surface area contributed by atoms with Gasteiger partial charge in [0, 0.05) is 30.6 Å². The molecule has 3 aliphatic rings. The molecule has 5 rings (SSSR count). The van der Waals surface area contributed by atoms with Gasteiger partial charge in [-0.05, 0) is 6.42 Å². The maximum atomic E-state index is 13.7. The highest BCUT2D eigenvalue weighted by molar-refractivity contribution is 5.65. The van der Waals surface area contributed by atoms with E-state index in [0.717, 1.165) is 18.8 Å². The Morgan fingerprint density at radius 3 is 2.44 bits per heavy atom. The van der Waals surface area contributed by atoms with Crippen LogP contribution in [0, 0.1) is 0 Å². The molecule has 2 bridgehead atoms. The number of nitrogen functional groups attached to an aromatic ring is 1. The van der Waals surface area contributed by atoms with Crippen LogP contribution in [0.2, 0.25) is 0 Å². The predicted octanol–water partition coefficient (Wildman–Crippen LogP) is 0.989. The quantitative estimate of drug-likeness (QED) is 0.849. The summed E-state index contributed by atoms with van der Waals surface area (Å²) in [5, 5.41) is 0. The normalized spacial score (nSPS) is 29.7. The molecule has 0 saturated carbocycles. The summed E-state index contributed by atoms with van der Waals surface area (Å²) in [5.41, 5.74) is 6.83. The van der Waals surface area contributed by atoms with E-state index in [1.807, 2.05) is 6.07 Å². The third-order valence-electron chi connectivity index (χ3n) is 5.33.